The second-order valence-corrected chi connectivity index (χ2v) is 9.26. The van der Waals surface area contributed by atoms with Gasteiger partial charge in [0.05, 0.1) is 20.3 Å². The minimum Gasteiger partial charge on any atom is -0.493 e. The van der Waals surface area contributed by atoms with Crippen LogP contribution in [0.15, 0.2) is 66.7 Å². The van der Waals surface area contributed by atoms with E-state index in [1.54, 1.807) is 14.2 Å². The molecule has 1 aliphatic heterocycles. The topological polar surface area (TPSA) is 24.9 Å². The van der Waals surface area contributed by atoms with E-state index >= 15 is 0 Å². The van der Waals surface area contributed by atoms with E-state index in [1.165, 1.54) is 24.3 Å². The van der Waals surface area contributed by atoms with Crippen LogP contribution >= 0.6 is 24.8 Å². The van der Waals surface area contributed by atoms with Gasteiger partial charge in [-0.25, -0.2) is 8.78 Å². The van der Waals surface area contributed by atoms with Crippen LogP contribution in [-0.2, 0) is 6.42 Å². The fourth-order valence-electron chi connectivity index (χ4n) is 4.93. The molecule has 8 heteroatoms. The molecule has 0 spiro atoms. The first-order valence-electron chi connectivity index (χ1n) is 11.5. The Balaban J connectivity index is 0.00000228. The van der Waals surface area contributed by atoms with Crippen LogP contribution in [0.1, 0.15) is 29.7 Å². The van der Waals surface area contributed by atoms with Crippen molar-refractivity contribution in [1.29, 1.82) is 0 Å². The number of hydrogen-bond donors (Lipinski definition) is 0. The Kier molecular flexibility index (Phi) is 10.6. The molecule has 0 N–H and O–H groups in total. The summed E-state index contributed by atoms with van der Waals surface area (Å²) in [4.78, 5) is 4.81. The van der Waals surface area contributed by atoms with E-state index in [2.05, 4.69) is 29.8 Å². The third-order valence-electron chi connectivity index (χ3n) is 6.96. The Labute approximate surface area is 225 Å². The molecule has 1 heterocycles. The number of nitrogens with zero attached hydrogens (tertiary/aromatic N) is 2. The predicted molar refractivity (Wildman–Crippen MR) is 145 cm³/mol. The molecule has 1 atom stereocenters. The molecule has 3 aromatic carbocycles. The lowest BCUT2D eigenvalue weighted by atomic mass is 9.86. The van der Waals surface area contributed by atoms with Gasteiger partial charge < -0.3 is 9.47 Å². The van der Waals surface area contributed by atoms with Gasteiger partial charge in [0.15, 0.2) is 11.5 Å². The highest BCUT2D eigenvalue weighted by Crippen LogP contribution is 2.36. The zero-order valence-electron chi connectivity index (χ0n) is 21.0. The van der Waals surface area contributed by atoms with Crippen molar-refractivity contribution in [3.8, 4) is 11.5 Å². The molecule has 1 fully saturated rings. The van der Waals surface area contributed by atoms with Crippen molar-refractivity contribution in [3.63, 3.8) is 0 Å². The third kappa shape index (κ3) is 6.48. The molecular weight excluding hydrogens is 505 g/mol. The average molecular weight is 539 g/mol. The third-order valence-corrected chi connectivity index (χ3v) is 6.96. The summed E-state index contributed by atoms with van der Waals surface area (Å²) in [7, 11) is 5.44. The highest BCUT2D eigenvalue weighted by molar-refractivity contribution is 5.85. The fraction of sp³-hybridized carbons (Fsp3) is 0.357. The van der Waals surface area contributed by atoms with E-state index in [-0.39, 0.29) is 48.0 Å². The van der Waals surface area contributed by atoms with Crippen molar-refractivity contribution in [3.05, 3.63) is 95.1 Å². The normalized spacial score (nSPS) is 18.3. The Morgan fingerprint density at radius 3 is 1.83 bits per heavy atom. The maximum Gasteiger partial charge on any atom is 0.160 e. The number of rotatable bonds is 7. The summed E-state index contributed by atoms with van der Waals surface area (Å²) in [5.74, 6) is 0.897. The van der Waals surface area contributed by atoms with Crippen molar-refractivity contribution < 1.29 is 18.3 Å². The van der Waals surface area contributed by atoms with Gasteiger partial charge >= 0.3 is 0 Å². The zero-order chi connectivity index (χ0) is 24.3. The van der Waals surface area contributed by atoms with E-state index in [0.717, 1.165) is 48.5 Å². The molecule has 1 unspecified atom stereocenters. The molecule has 0 bridgehead atoms. The SMILES string of the molecule is COc1ccc(CC2(C)CN(C(c3ccc(F)cc3)c3ccc(F)cc3)CCN2C)cc1OC.Cl.Cl. The number of hydrogen-bond acceptors (Lipinski definition) is 4. The predicted octanol–water partition coefficient (Wildman–Crippen LogP) is 6.16. The lowest BCUT2D eigenvalue weighted by Gasteiger charge is -2.50. The van der Waals surface area contributed by atoms with Crippen LogP contribution in [0.5, 0.6) is 11.5 Å². The van der Waals surface area contributed by atoms with Gasteiger partial charge in [0, 0.05) is 25.2 Å². The van der Waals surface area contributed by atoms with Crippen LogP contribution in [0.3, 0.4) is 0 Å². The fourth-order valence-corrected chi connectivity index (χ4v) is 4.93. The van der Waals surface area contributed by atoms with E-state index in [9.17, 15) is 8.78 Å². The zero-order valence-corrected chi connectivity index (χ0v) is 22.7. The highest BCUT2D eigenvalue weighted by Gasteiger charge is 2.39. The van der Waals surface area contributed by atoms with Gasteiger partial charge in [-0.2, -0.15) is 0 Å². The molecule has 0 saturated carbocycles. The Morgan fingerprint density at radius 2 is 1.33 bits per heavy atom. The van der Waals surface area contributed by atoms with Gasteiger partial charge in [-0.3, -0.25) is 9.80 Å². The average Bonchev–Trinajstić information content (AvgIpc) is 2.84. The van der Waals surface area contributed by atoms with Gasteiger partial charge in [0.2, 0.25) is 0 Å². The molecule has 36 heavy (non-hydrogen) atoms. The van der Waals surface area contributed by atoms with Gasteiger partial charge in [-0.15, -0.1) is 24.8 Å². The monoisotopic (exact) mass is 538 g/mol. The van der Waals surface area contributed by atoms with Crippen molar-refractivity contribution >= 4 is 24.8 Å². The molecule has 4 nitrogen and oxygen atoms in total. The molecule has 3 aromatic rings. The molecule has 1 aliphatic rings. The summed E-state index contributed by atoms with van der Waals surface area (Å²) >= 11 is 0. The minimum atomic E-state index is -0.265. The van der Waals surface area contributed by atoms with Crippen molar-refractivity contribution in [1.82, 2.24) is 9.80 Å². The second-order valence-electron chi connectivity index (χ2n) is 9.26. The van der Waals surface area contributed by atoms with E-state index < -0.39 is 0 Å². The van der Waals surface area contributed by atoms with Gasteiger partial charge in [0.25, 0.3) is 0 Å². The van der Waals surface area contributed by atoms with Crippen LogP contribution in [0.25, 0.3) is 0 Å². The van der Waals surface area contributed by atoms with Crippen molar-refractivity contribution in [2.75, 3.05) is 40.9 Å². The maximum absolute atomic E-state index is 13.7. The summed E-state index contributed by atoms with van der Waals surface area (Å²) in [6.07, 6.45) is 0.819. The van der Waals surface area contributed by atoms with Crippen LogP contribution < -0.4 is 9.47 Å². The Hall–Kier alpha value is -2.38. The lowest BCUT2D eigenvalue weighted by molar-refractivity contribution is 0.0133. The lowest BCUT2D eigenvalue weighted by Crippen LogP contribution is -2.60. The molecule has 4 rings (SSSR count). The summed E-state index contributed by atoms with van der Waals surface area (Å²) in [6, 6.07) is 19.2. The smallest absolute Gasteiger partial charge is 0.160 e. The Morgan fingerprint density at radius 1 is 0.806 bits per heavy atom. The number of benzene rings is 3. The first-order chi connectivity index (χ1) is 16.3. The van der Waals surface area contributed by atoms with Crippen LogP contribution in [0.2, 0.25) is 0 Å². The highest BCUT2D eigenvalue weighted by atomic mass is 35.5. The summed E-state index contributed by atoms with van der Waals surface area (Å²) in [6.45, 7) is 4.78. The summed E-state index contributed by atoms with van der Waals surface area (Å²) < 4.78 is 38.3. The van der Waals surface area contributed by atoms with Gasteiger partial charge in [-0.05, 0) is 73.5 Å². The quantitative estimate of drug-likeness (QED) is 0.359. The minimum absolute atomic E-state index is 0. The summed E-state index contributed by atoms with van der Waals surface area (Å²) in [5, 5.41) is 0. The summed E-state index contributed by atoms with van der Waals surface area (Å²) in [5.41, 5.74) is 2.99. The number of piperazine rings is 1. The molecule has 1 saturated heterocycles. The van der Waals surface area contributed by atoms with Crippen molar-refractivity contribution in [2.45, 2.75) is 24.9 Å². The van der Waals surface area contributed by atoms with E-state index in [4.69, 9.17) is 9.47 Å². The first kappa shape index (κ1) is 29.8. The molecule has 0 radical (unpaired) electrons. The number of methoxy groups -OCH3 is 2. The molecule has 0 amide bonds. The number of ether oxygens (including phenoxy) is 2. The van der Waals surface area contributed by atoms with E-state index in [0.29, 0.717) is 5.75 Å². The largest absolute Gasteiger partial charge is 0.493 e. The van der Waals surface area contributed by atoms with Crippen LogP contribution in [-0.4, -0.2) is 56.2 Å². The number of likely N-dealkylation sites (N-methyl/N-ethyl adjacent to an activating group) is 1. The first-order valence-corrected chi connectivity index (χ1v) is 11.5. The van der Waals surface area contributed by atoms with Gasteiger partial charge in [0.1, 0.15) is 11.6 Å². The second kappa shape index (κ2) is 12.7. The van der Waals surface area contributed by atoms with Crippen molar-refractivity contribution in [2.24, 2.45) is 0 Å². The Bertz CT molecular complexity index is 1070. The van der Waals surface area contributed by atoms with Gasteiger partial charge in [-0.1, -0.05) is 30.3 Å². The molecule has 0 aromatic heterocycles. The van der Waals surface area contributed by atoms with Crippen LogP contribution in [0, 0.1) is 11.6 Å². The standard InChI is InChI=1S/C28H32F2N2O2.2ClH/c1-28(18-20-5-14-25(33-3)26(17-20)34-4)19-32(16-15-31(28)2)27(21-6-10-23(29)11-7-21)22-8-12-24(30)13-9-22;;/h5-14,17,27H,15-16,18-19H2,1-4H3;2*1H. The number of halogens is 4. The molecule has 196 valence electrons. The molecule has 0 aliphatic carbocycles. The van der Waals surface area contributed by atoms with E-state index in [1.807, 2.05) is 36.4 Å². The van der Waals surface area contributed by atoms with Crippen LogP contribution in [0.4, 0.5) is 8.78 Å². The maximum atomic E-state index is 13.7. The molecular formula is C28H34Cl2F2N2O2.